The third-order valence-corrected chi connectivity index (χ3v) is 10.6. The van der Waals surface area contributed by atoms with Crippen molar-refractivity contribution >= 4 is 23.0 Å². The Morgan fingerprint density at radius 2 is 1.93 bits per heavy atom. The van der Waals surface area contributed by atoms with Crippen LogP contribution in [0.1, 0.15) is 78.6 Å². The summed E-state index contributed by atoms with van der Waals surface area (Å²) in [5.74, 6) is 2.18. The molecule has 6 unspecified atom stereocenters. The highest BCUT2D eigenvalue weighted by Crippen LogP contribution is 2.69. The van der Waals surface area contributed by atoms with E-state index in [4.69, 9.17) is 12.5 Å². The van der Waals surface area contributed by atoms with Gasteiger partial charge >= 0.3 is 0 Å². The van der Waals surface area contributed by atoms with Gasteiger partial charge in [0.05, 0.1) is 5.60 Å². The van der Waals surface area contributed by atoms with Crippen molar-refractivity contribution in [1.29, 1.82) is 0 Å². The second-order valence-electron chi connectivity index (χ2n) is 11.0. The first kappa shape index (κ1) is 21.0. The molecule has 164 valence electrons. The summed E-state index contributed by atoms with van der Waals surface area (Å²) in [6.45, 7) is 8.32. The predicted octanol–water partition coefficient (Wildman–Crippen LogP) is 5.77. The summed E-state index contributed by atoms with van der Waals surface area (Å²) in [7, 11) is 0. The molecular weight excluding hydrogens is 479 g/mol. The van der Waals surface area contributed by atoms with Crippen molar-refractivity contribution < 1.29 is 17.6 Å². The van der Waals surface area contributed by atoms with Crippen LogP contribution < -0.4 is 0 Å². The van der Waals surface area contributed by atoms with E-state index in [0.717, 1.165) is 38.7 Å². The molecule has 4 fully saturated rings. The van der Waals surface area contributed by atoms with Crippen LogP contribution >= 0.6 is 23.0 Å². The van der Waals surface area contributed by atoms with Gasteiger partial charge in [0.25, 0.3) is 0 Å². The van der Waals surface area contributed by atoms with Crippen LogP contribution in [0.25, 0.3) is 0 Å². The number of hydrogen-bond acceptors (Lipinski definition) is 4. The van der Waals surface area contributed by atoms with E-state index in [9.17, 15) is 5.11 Å². The van der Waals surface area contributed by atoms with E-state index < -0.39 is 5.79 Å². The Labute approximate surface area is 189 Å². The second kappa shape index (κ2) is 7.08. The largest absolute Gasteiger partial charge is 0.432 e. The van der Waals surface area contributed by atoms with E-state index in [1.807, 2.05) is 6.92 Å². The summed E-state index contributed by atoms with van der Waals surface area (Å²) in [5, 5.41) is 11.4. The molecule has 3 saturated carbocycles. The summed E-state index contributed by atoms with van der Waals surface area (Å²) in [5.41, 5.74) is 0.246. The topological polar surface area (TPSA) is 47.9 Å². The van der Waals surface area contributed by atoms with Gasteiger partial charge in [-0.2, -0.15) is 0 Å². The van der Waals surface area contributed by atoms with E-state index in [0.29, 0.717) is 35.7 Å². The summed E-state index contributed by atoms with van der Waals surface area (Å²) in [6, 6.07) is 0. The molecule has 0 aromatic rings. The Hall–Kier alpha value is 0.150. The molecule has 1 heterocycles. The number of allylic oxidation sites excluding steroid dienone is 2. The first-order chi connectivity index (χ1) is 13.8. The molecule has 0 aromatic heterocycles. The number of rotatable bonds is 3. The average molecular weight is 516 g/mol. The molecule has 5 heteroatoms. The summed E-state index contributed by atoms with van der Waals surface area (Å²) >= 11 is 2.09. The van der Waals surface area contributed by atoms with E-state index in [2.05, 4.69) is 42.9 Å². The molecule has 1 spiro atoms. The third kappa shape index (κ3) is 2.85. The van der Waals surface area contributed by atoms with Gasteiger partial charge < -0.3 is 17.6 Å². The highest BCUT2D eigenvalue weighted by atomic mass is 127. The van der Waals surface area contributed by atoms with Gasteiger partial charge in [0.15, 0.2) is 28.8 Å². The fourth-order valence-corrected chi connectivity index (χ4v) is 8.80. The zero-order chi connectivity index (χ0) is 20.5. The van der Waals surface area contributed by atoms with Crippen LogP contribution in [0.2, 0.25) is 0 Å². The van der Waals surface area contributed by atoms with Gasteiger partial charge in [-0.25, -0.2) is 0 Å². The number of aliphatic hydroxyl groups is 1. The van der Waals surface area contributed by atoms with E-state index in [-0.39, 0.29) is 11.0 Å². The zero-order valence-electron chi connectivity index (χ0n) is 18.2. The normalized spacial score (nSPS) is 53.9. The fraction of sp³-hybridized carbons (Fsp3) is 0.917. The minimum absolute atomic E-state index is 0.121. The Kier molecular flexibility index (Phi) is 5.13. The maximum atomic E-state index is 11.4. The molecule has 0 aromatic carbocycles. The Bertz CT molecular complexity index is 688. The van der Waals surface area contributed by atoms with Gasteiger partial charge in [0.2, 0.25) is 0 Å². The maximum absolute atomic E-state index is 11.4. The molecule has 0 bridgehead atoms. The van der Waals surface area contributed by atoms with Crippen molar-refractivity contribution in [2.45, 2.75) is 89.9 Å². The lowest BCUT2D eigenvalue weighted by atomic mass is 9.45. The van der Waals surface area contributed by atoms with Crippen LogP contribution in [-0.4, -0.2) is 29.7 Å². The lowest BCUT2D eigenvalue weighted by Gasteiger charge is -2.61. The maximum Gasteiger partial charge on any atom is 0.192 e. The van der Waals surface area contributed by atoms with E-state index >= 15 is 0 Å². The van der Waals surface area contributed by atoms with Crippen molar-refractivity contribution in [2.75, 3.05) is 13.2 Å². The van der Waals surface area contributed by atoms with Gasteiger partial charge in [-0.1, -0.05) is 13.8 Å². The average Bonchev–Trinajstić information content (AvgIpc) is 3.25. The SMILES string of the molecule is CCOC1(O)CCC2C3C(OI)=CC4CC5(CCCO5)CC[C@]4(C)C3CC[C@@]21C. The van der Waals surface area contributed by atoms with Crippen molar-refractivity contribution in [2.24, 2.45) is 34.5 Å². The molecule has 1 saturated heterocycles. The lowest BCUT2D eigenvalue weighted by Crippen LogP contribution is -2.58. The molecule has 0 amide bonds. The van der Waals surface area contributed by atoms with Gasteiger partial charge in [0.1, 0.15) is 5.76 Å². The molecule has 1 aliphatic heterocycles. The van der Waals surface area contributed by atoms with Crippen molar-refractivity contribution in [1.82, 2.24) is 0 Å². The number of fused-ring (bicyclic) bond motifs is 5. The standard InChI is InChI=1S/C24H37IO4/c1-4-27-24(26)10-7-18-20-17(6-9-22(18,24)3)21(2)11-12-23(8-5-13-28-23)15-16(21)14-19(20)29-25/h14,16-18,20,26H,4-13,15H2,1-3H3/t16?,17?,18?,20?,21-,22-,23?,24?/m0/s1. The molecular formula is C24H37IO4. The number of halogens is 1. The summed E-state index contributed by atoms with van der Waals surface area (Å²) in [4.78, 5) is 0. The number of hydrogen-bond donors (Lipinski definition) is 1. The molecule has 1 N–H and O–H groups in total. The molecule has 4 nitrogen and oxygen atoms in total. The highest BCUT2D eigenvalue weighted by molar-refractivity contribution is 14.1. The quantitative estimate of drug-likeness (QED) is 0.382. The molecule has 4 aliphatic carbocycles. The zero-order valence-corrected chi connectivity index (χ0v) is 20.4. The third-order valence-electron chi connectivity index (χ3n) is 10.1. The molecule has 5 rings (SSSR count). The van der Waals surface area contributed by atoms with Crippen molar-refractivity contribution in [3.8, 4) is 0 Å². The predicted molar refractivity (Wildman–Crippen MR) is 120 cm³/mol. The van der Waals surface area contributed by atoms with Crippen LogP contribution in [0.3, 0.4) is 0 Å². The molecule has 0 radical (unpaired) electrons. The van der Waals surface area contributed by atoms with Crippen LogP contribution in [0, 0.1) is 34.5 Å². The first-order valence-corrected chi connectivity index (χ1v) is 12.7. The van der Waals surface area contributed by atoms with Crippen LogP contribution in [0.4, 0.5) is 0 Å². The van der Waals surface area contributed by atoms with E-state index in [1.54, 1.807) is 0 Å². The van der Waals surface area contributed by atoms with Crippen LogP contribution in [-0.2, 0) is 12.5 Å². The highest BCUT2D eigenvalue weighted by Gasteiger charge is 2.67. The fourth-order valence-electron chi connectivity index (χ4n) is 8.36. The van der Waals surface area contributed by atoms with Crippen LogP contribution in [0.15, 0.2) is 11.8 Å². The molecule has 29 heavy (non-hydrogen) atoms. The van der Waals surface area contributed by atoms with Crippen LogP contribution in [0.5, 0.6) is 0 Å². The summed E-state index contributed by atoms with van der Waals surface area (Å²) in [6.07, 6.45) is 12.5. The second-order valence-corrected chi connectivity index (χ2v) is 11.5. The number of ether oxygens (including phenoxy) is 2. The minimum Gasteiger partial charge on any atom is -0.432 e. The van der Waals surface area contributed by atoms with Gasteiger partial charge in [-0.3, -0.25) is 0 Å². The Morgan fingerprint density at radius 1 is 1.14 bits per heavy atom. The first-order valence-electron chi connectivity index (χ1n) is 11.8. The molecule has 8 atom stereocenters. The smallest absolute Gasteiger partial charge is 0.192 e. The van der Waals surface area contributed by atoms with Gasteiger partial charge in [-0.15, -0.1) is 0 Å². The lowest BCUT2D eigenvalue weighted by molar-refractivity contribution is -0.274. The molecule has 5 aliphatic rings. The Morgan fingerprint density at radius 3 is 2.62 bits per heavy atom. The van der Waals surface area contributed by atoms with E-state index in [1.165, 1.54) is 31.4 Å². The monoisotopic (exact) mass is 516 g/mol. The van der Waals surface area contributed by atoms with Gasteiger partial charge in [0, 0.05) is 31.0 Å². The van der Waals surface area contributed by atoms with Crippen molar-refractivity contribution in [3.63, 3.8) is 0 Å². The summed E-state index contributed by atoms with van der Waals surface area (Å²) < 4.78 is 18.3. The Balaban J connectivity index is 1.51. The van der Waals surface area contributed by atoms with Crippen molar-refractivity contribution in [3.05, 3.63) is 11.8 Å². The minimum atomic E-state index is -0.986. The van der Waals surface area contributed by atoms with Gasteiger partial charge in [-0.05, 0) is 87.5 Å².